The molecule has 0 N–H and O–H groups in total. The van der Waals surface area contributed by atoms with Gasteiger partial charge in [0.15, 0.2) is 17.0 Å². The minimum Gasteiger partial charge on any atom is -0.599 e. The lowest BCUT2D eigenvalue weighted by Crippen LogP contribution is -2.62. The van der Waals surface area contributed by atoms with E-state index in [4.69, 9.17) is 18.8 Å². The zero-order chi connectivity index (χ0) is 26.7. The summed E-state index contributed by atoms with van der Waals surface area (Å²) in [6.45, 7) is 7.51. The second-order valence-electron chi connectivity index (χ2n) is 11.2. The van der Waals surface area contributed by atoms with Gasteiger partial charge in [-0.1, -0.05) is 0 Å². The van der Waals surface area contributed by atoms with E-state index in [0.717, 1.165) is 6.33 Å². The Hall–Kier alpha value is -3.75. The van der Waals surface area contributed by atoms with Crippen LogP contribution in [0.15, 0.2) is 12.7 Å². The van der Waals surface area contributed by atoms with Crippen molar-refractivity contribution >= 4 is 47.8 Å². The molecule has 15 heteroatoms. The molecule has 0 aromatic carbocycles. The zero-order valence-corrected chi connectivity index (χ0v) is 21.3. The number of fused-ring (bicyclic) bond motifs is 2. The van der Waals surface area contributed by atoms with Crippen molar-refractivity contribution in [3.8, 4) is 0 Å². The van der Waals surface area contributed by atoms with Crippen LogP contribution in [-0.4, -0.2) is 86.1 Å². The van der Waals surface area contributed by atoms with Crippen LogP contribution in [0.5, 0.6) is 0 Å². The fourth-order valence-electron chi connectivity index (χ4n) is 4.24. The third kappa shape index (κ3) is 4.57. The van der Waals surface area contributed by atoms with Crippen LogP contribution >= 0.6 is 0 Å². The number of imide groups is 1. The normalized spacial score (nSPS) is 23.8. The molecule has 2 aliphatic rings. The number of imidazole rings is 1. The Kier molecular flexibility index (Phi) is 5.74. The van der Waals surface area contributed by atoms with Crippen LogP contribution in [0, 0.1) is 0 Å². The molecule has 194 valence electrons. The molecule has 0 aliphatic carbocycles. The van der Waals surface area contributed by atoms with Gasteiger partial charge in [0.1, 0.15) is 30.6 Å². The first-order chi connectivity index (χ1) is 16.5. The smallest absolute Gasteiger partial charge is 0.599 e. The highest BCUT2D eigenvalue weighted by Gasteiger charge is 2.65. The molecule has 0 spiro atoms. The second kappa shape index (κ2) is 8.15. The van der Waals surface area contributed by atoms with Gasteiger partial charge in [-0.25, -0.2) is 24.5 Å². The Morgan fingerprint density at radius 2 is 1.53 bits per heavy atom. The summed E-state index contributed by atoms with van der Waals surface area (Å²) in [5, 5.41) is 0. The predicted molar refractivity (Wildman–Crippen MR) is 124 cm³/mol. The highest BCUT2D eigenvalue weighted by Crippen LogP contribution is 2.36. The van der Waals surface area contributed by atoms with Gasteiger partial charge in [0.05, 0.1) is 6.33 Å². The average molecular weight is 504 g/mol. The number of anilines is 1. The van der Waals surface area contributed by atoms with Gasteiger partial charge in [0, 0.05) is 13.5 Å². The Balaban J connectivity index is 1.76. The zero-order valence-electron chi connectivity index (χ0n) is 21.3. The molecule has 14 nitrogen and oxygen atoms in total. The standard InChI is InChI=1S/C21H29BN6O8/c1-20(2,3)33-18(31)27(19(32)34-21(4,5)6)17-15-16(23-11-24-17)26(12-25-15)10-22-28(7,8-13(29)35-22)9-14(30)36-22/h11-12H,8-10H2,1-7H3. The minimum atomic E-state index is -2.42. The van der Waals surface area contributed by atoms with Crippen molar-refractivity contribution in [1.29, 1.82) is 0 Å². The maximum atomic E-state index is 13.1. The van der Waals surface area contributed by atoms with E-state index in [-0.39, 0.29) is 40.9 Å². The first-order valence-electron chi connectivity index (χ1n) is 11.4. The van der Waals surface area contributed by atoms with E-state index < -0.39 is 42.0 Å². The highest BCUT2D eigenvalue weighted by atomic mass is 16.7. The molecular formula is C21H29BN6O8. The van der Waals surface area contributed by atoms with Crippen molar-refractivity contribution in [3.05, 3.63) is 12.7 Å². The van der Waals surface area contributed by atoms with Crippen molar-refractivity contribution in [2.45, 2.75) is 59.2 Å². The molecule has 2 aromatic heterocycles. The largest absolute Gasteiger partial charge is 0.603 e. The number of quaternary nitrogens is 1. The van der Waals surface area contributed by atoms with E-state index in [0.29, 0.717) is 4.90 Å². The van der Waals surface area contributed by atoms with Gasteiger partial charge in [0.2, 0.25) is 0 Å². The van der Waals surface area contributed by atoms with E-state index in [2.05, 4.69) is 15.0 Å². The fraction of sp³-hybridized carbons (Fsp3) is 0.571. The molecule has 0 saturated carbocycles. The summed E-state index contributed by atoms with van der Waals surface area (Å²) in [5.41, 5.74) is -1.52. The maximum absolute atomic E-state index is 13.1. The second-order valence-corrected chi connectivity index (χ2v) is 11.2. The number of aromatic nitrogens is 4. The topological polar surface area (TPSA) is 152 Å². The number of likely N-dealkylation sites (N-methyl/N-ethyl adjacent to an activating group) is 1. The summed E-state index contributed by atoms with van der Waals surface area (Å²) < 4.78 is 23.4. The van der Waals surface area contributed by atoms with E-state index in [1.54, 1.807) is 48.6 Å². The van der Waals surface area contributed by atoms with Crippen molar-refractivity contribution in [1.82, 2.24) is 19.5 Å². The highest BCUT2D eigenvalue weighted by molar-refractivity contribution is 6.65. The summed E-state index contributed by atoms with van der Waals surface area (Å²) in [6.07, 6.45) is 0.461. The lowest BCUT2D eigenvalue weighted by molar-refractivity contribution is -0.794. The molecule has 4 rings (SSSR count). The van der Waals surface area contributed by atoms with Crippen LogP contribution in [0.3, 0.4) is 0 Å². The minimum absolute atomic E-state index is 0.0102. The molecule has 2 fully saturated rings. The fourth-order valence-corrected chi connectivity index (χ4v) is 4.24. The third-order valence-corrected chi connectivity index (χ3v) is 5.73. The molecule has 36 heavy (non-hydrogen) atoms. The number of amides is 2. The number of nitrogens with zero attached hydrogens (tertiary/aromatic N) is 6. The summed E-state index contributed by atoms with van der Waals surface area (Å²) in [4.78, 5) is 63.7. The molecule has 0 radical (unpaired) electrons. The van der Waals surface area contributed by atoms with Crippen LogP contribution in [-0.2, 0) is 34.8 Å². The SMILES string of the molecule is CC(C)(C)OC(=O)N(C(=O)OC(C)(C)C)c1ncnc2c1ncn2C[B-]12OC(=O)C[N+]1(C)CC(=O)O2. The number of hydrogen-bond acceptors (Lipinski definition) is 11. The number of ether oxygens (including phenoxy) is 2. The van der Waals surface area contributed by atoms with Crippen molar-refractivity contribution < 1.29 is 42.4 Å². The summed E-state index contributed by atoms with van der Waals surface area (Å²) >= 11 is 0. The molecule has 0 atom stereocenters. The number of carbonyl (C=O) groups is 4. The van der Waals surface area contributed by atoms with Crippen molar-refractivity contribution in [3.63, 3.8) is 0 Å². The van der Waals surface area contributed by atoms with Crippen LogP contribution in [0.1, 0.15) is 41.5 Å². The quantitative estimate of drug-likeness (QED) is 0.560. The van der Waals surface area contributed by atoms with E-state index in [9.17, 15) is 19.2 Å². The Morgan fingerprint density at radius 3 is 2.03 bits per heavy atom. The molecule has 2 saturated heterocycles. The molecule has 2 amide bonds. The lowest BCUT2D eigenvalue weighted by Gasteiger charge is -2.39. The lowest BCUT2D eigenvalue weighted by atomic mass is 9.68. The van der Waals surface area contributed by atoms with E-state index in [1.807, 2.05) is 0 Å². The van der Waals surface area contributed by atoms with Gasteiger partial charge < -0.3 is 27.7 Å². The van der Waals surface area contributed by atoms with Crippen molar-refractivity contribution in [2.75, 3.05) is 25.0 Å². The molecule has 2 aromatic rings. The van der Waals surface area contributed by atoms with Crippen LogP contribution in [0.4, 0.5) is 15.4 Å². The third-order valence-electron chi connectivity index (χ3n) is 5.73. The maximum Gasteiger partial charge on any atom is 0.603 e. The van der Waals surface area contributed by atoms with Crippen LogP contribution in [0.2, 0.25) is 0 Å². The van der Waals surface area contributed by atoms with Gasteiger partial charge in [0.25, 0.3) is 0 Å². The van der Waals surface area contributed by atoms with Gasteiger partial charge >= 0.3 is 30.8 Å². The summed E-state index contributed by atoms with van der Waals surface area (Å²) in [6, 6.07) is 0. The van der Waals surface area contributed by atoms with Crippen LogP contribution in [0.25, 0.3) is 11.2 Å². The summed E-state index contributed by atoms with van der Waals surface area (Å²) in [7, 11) is 1.71. The molecule has 2 aliphatic heterocycles. The van der Waals surface area contributed by atoms with Crippen molar-refractivity contribution in [2.24, 2.45) is 0 Å². The van der Waals surface area contributed by atoms with Crippen LogP contribution < -0.4 is 4.90 Å². The van der Waals surface area contributed by atoms with E-state index in [1.165, 1.54) is 10.9 Å². The van der Waals surface area contributed by atoms with Gasteiger partial charge in [-0.05, 0) is 41.5 Å². The Morgan fingerprint density at radius 1 is 1.00 bits per heavy atom. The first kappa shape index (κ1) is 25.4. The molecule has 4 heterocycles. The Labute approximate surface area is 207 Å². The number of hydrogen-bond donors (Lipinski definition) is 0. The summed E-state index contributed by atoms with van der Waals surface area (Å²) in [5.74, 6) is -1.12. The number of rotatable bonds is 3. The average Bonchev–Trinajstić information content (AvgIpc) is 3.25. The first-order valence-corrected chi connectivity index (χ1v) is 11.4. The molecular weight excluding hydrogens is 475 g/mol. The van der Waals surface area contributed by atoms with E-state index >= 15 is 0 Å². The molecule has 0 unspecified atom stereocenters. The number of carbonyl (C=O) groups excluding carboxylic acids is 4. The monoisotopic (exact) mass is 504 g/mol. The van der Waals surface area contributed by atoms with Gasteiger partial charge in [-0.15, -0.1) is 0 Å². The predicted octanol–water partition coefficient (Wildman–Crippen LogP) is 1.54. The van der Waals surface area contributed by atoms with Gasteiger partial charge in [-0.2, -0.15) is 4.90 Å². The Bertz CT molecular complexity index is 1220. The van der Waals surface area contributed by atoms with Gasteiger partial charge in [-0.3, -0.25) is 9.59 Å². The molecule has 0 bridgehead atoms.